The number of ether oxygens (including phenoxy) is 1. The molecule has 9 heteroatoms. The first-order valence-electron chi connectivity index (χ1n) is 10.3. The minimum atomic E-state index is -0.508. The molecule has 1 N–H and O–H groups in total. The van der Waals surface area contributed by atoms with E-state index in [2.05, 4.69) is 29.3 Å². The van der Waals surface area contributed by atoms with Crippen molar-refractivity contribution in [3.05, 3.63) is 51.7 Å². The molecule has 0 aliphatic heterocycles. The standard InChI is InChI=1S/C23H24N4O4S/c1-5-30-23(29)20-14(4)17(12-24)22(32-20)25-18(28)10-11-19-26-21(27-31-19)16-8-6-15(7-9-16)13(2)3/h6-9,13H,5,10-11H2,1-4H3,(H,25,28). The second-order valence-corrected chi connectivity index (χ2v) is 8.45. The quantitative estimate of drug-likeness (QED) is 0.485. The number of esters is 1. The van der Waals surface area contributed by atoms with Gasteiger partial charge in [0.25, 0.3) is 0 Å². The van der Waals surface area contributed by atoms with Gasteiger partial charge in [0.1, 0.15) is 15.9 Å². The maximum Gasteiger partial charge on any atom is 0.348 e. The van der Waals surface area contributed by atoms with Crippen molar-refractivity contribution in [1.82, 2.24) is 10.1 Å². The molecule has 2 heterocycles. The van der Waals surface area contributed by atoms with Crippen LogP contribution in [0.1, 0.15) is 65.4 Å². The number of thiophene rings is 1. The van der Waals surface area contributed by atoms with E-state index in [1.165, 1.54) is 5.56 Å². The minimum Gasteiger partial charge on any atom is -0.462 e. The van der Waals surface area contributed by atoms with E-state index in [1.54, 1.807) is 13.8 Å². The summed E-state index contributed by atoms with van der Waals surface area (Å²) in [7, 11) is 0. The Morgan fingerprint density at radius 3 is 2.62 bits per heavy atom. The Kier molecular flexibility index (Phi) is 7.38. The Hall–Kier alpha value is -3.51. The van der Waals surface area contributed by atoms with Crippen molar-refractivity contribution in [2.24, 2.45) is 0 Å². The fraction of sp³-hybridized carbons (Fsp3) is 0.348. The number of nitriles is 1. The smallest absolute Gasteiger partial charge is 0.348 e. The van der Waals surface area contributed by atoms with Gasteiger partial charge in [-0.3, -0.25) is 4.79 Å². The molecule has 2 aromatic heterocycles. The van der Waals surface area contributed by atoms with Crippen LogP contribution in [0.3, 0.4) is 0 Å². The summed E-state index contributed by atoms with van der Waals surface area (Å²) in [6.45, 7) is 7.85. The summed E-state index contributed by atoms with van der Waals surface area (Å²) >= 11 is 1.03. The number of amides is 1. The second-order valence-electron chi connectivity index (χ2n) is 7.43. The number of rotatable bonds is 8. The summed E-state index contributed by atoms with van der Waals surface area (Å²) in [6.07, 6.45) is 0.338. The maximum atomic E-state index is 12.4. The number of benzene rings is 1. The highest BCUT2D eigenvalue weighted by Gasteiger charge is 2.22. The Morgan fingerprint density at radius 1 is 1.28 bits per heavy atom. The fourth-order valence-electron chi connectivity index (χ4n) is 3.03. The van der Waals surface area contributed by atoms with Gasteiger partial charge < -0.3 is 14.6 Å². The topological polar surface area (TPSA) is 118 Å². The predicted molar refractivity (Wildman–Crippen MR) is 121 cm³/mol. The van der Waals surface area contributed by atoms with Crippen LogP contribution in [0.2, 0.25) is 0 Å². The molecule has 0 radical (unpaired) electrons. The monoisotopic (exact) mass is 452 g/mol. The zero-order chi connectivity index (χ0) is 23.3. The molecule has 0 bridgehead atoms. The first-order chi connectivity index (χ1) is 15.3. The number of carbonyl (C=O) groups is 2. The molecule has 0 fully saturated rings. The van der Waals surface area contributed by atoms with E-state index in [4.69, 9.17) is 9.26 Å². The average Bonchev–Trinajstić information content (AvgIpc) is 3.37. The molecule has 166 valence electrons. The highest BCUT2D eigenvalue weighted by Crippen LogP contribution is 2.33. The summed E-state index contributed by atoms with van der Waals surface area (Å²) < 4.78 is 10.3. The van der Waals surface area contributed by atoms with Gasteiger partial charge in [-0.1, -0.05) is 43.3 Å². The zero-order valence-corrected chi connectivity index (χ0v) is 19.2. The van der Waals surface area contributed by atoms with Crippen molar-refractivity contribution >= 4 is 28.2 Å². The maximum absolute atomic E-state index is 12.4. The van der Waals surface area contributed by atoms with E-state index in [0.29, 0.717) is 33.1 Å². The lowest BCUT2D eigenvalue weighted by atomic mass is 10.0. The van der Waals surface area contributed by atoms with Gasteiger partial charge in [-0.15, -0.1) is 11.3 Å². The predicted octanol–water partition coefficient (Wildman–Crippen LogP) is 4.85. The molecule has 0 saturated carbocycles. The molecule has 0 aliphatic carbocycles. The van der Waals surface area contributed by atoms with E-state index in [0.717, 1.165) is 16.9 Å². The van der Waals surface area contributed by atoms with Crippen molar-refractivity contribution < 1.29 is 18.8 Å². The normalized spacial score (nSPS) is 10.8. The lowest BCUT2D eigenvalue weighted by molar-refractivity contribution is -0.116. The van der Waals surface area contributed by atoms with E-state index in [9.17, 15) is 14.9 Å². The number of carbonyl (C=O) groups excluding carboxylic acids is 2. The molecule has 32 heavy (non-hydrogen) atoms. The molecule has 0 unspecified atom stereocenters. The molecule has 0 saturated heterocycles. The number of nitrogens with one attached hydrogen (secondary N) is 1. The molecule has 0 spiro atoms. The number of nitrogens with zero attached hydrogens (tertiary/aromatic N) is 3. The molecular formula is C23H24N4O4S. The van der Waals surface area contributed by atoms with Crippen molar-refractivity contribution in [2.75, 3.05) is 11.9 Å². The van der Waals surface area contributed by atoms with Crippen LogP contribution in [0.25, 0.3) is 11.4 Å². The van der Waals surface area contributed by atoms with Crippen LogP contribution in [-0.2, 0) is 16.0 Å². The largest absolute Gasteiger partial charge is 0.462 e. The molecule has 0 atom stereocenters. The van der Waals surface area contributed by atoms with Gasteiger partial charge in [0.15, 0.2) is 0 Å². The number of anilines is 1. The lowest BCUT2D eigenvalue weighted by Crippen LogP contribution is -2.12. The van der Waals surface area contributed by atoms with E-state index in [-0.39, 0.29) is 30.9 Å². The molecule has 1 aromatic carbocycles. The highest BCUT2D eigenvalue weighted by molar-refractivity contribution is 7.18. The third-order valence-corrected chi connectivity index (χ3v) is 6.03. The van der Waals surface area contributed by atoms with E-state index < -0.39 is 5.97 Å². The second kappa shape index (κ2) is 10.2. The average molecular weight is 453 g/mol. The van der Waals surface area contributed by atoms with Crippen molar-refractivity contribution in [3.8, 4) is 17.5 Å². The van der Waals surface area contributed by atoms with E-state index >= 15 is 0 Å². The summed E-state index contributed by atoms with van der Waals surface area (Å²) in [5, 5.41) is 16.4. The Balaban J connectivity index is 1.63. The van der Waals surface area contributed by atoms with Gasteiger partial charge in [0, 0.05) is 18.4 Å². The van der Waals surface area contributed by atoms with Gasteiger partial charge in [0.05, 0.1) is 12.2 Å². The van der Waals surface area contributed by atoms with Crippen molar-refractivity contribution in [1.29, 1.82) is 5.26 Å². The summed E-state index contributed by atoms with van der Waals surface area (Å²) in [6, 6.07) is 9.99. The fourth-order valence-corrected chi connectivity index (χ4v) is 4.10. The van der Waals surface area contributed by atoms with Crippen LogP contribution >= 0.6 is 11.3 Å². The Morgan fingerprint density at radius 2 is 2.00 bits per heavy atom. The van der Waals surface area contributed by atoms with Crippen molar-refractivity contribution in [2.45, 2.75) is 46.5 Å². The first-order valence-corrected chi connectivity index (χ1v) is 11.1. The number of aryl methyl sites for hydroxylation is 1. The summed E-state index contributed by atoms with van der Waals surface area (Å²) in [5.41, 5.74) is 2.82. The molecule has 3 aromatic rings. The number of hydrogen-bond donors (Lipinski definition) is 1. The number of aromatic nitrogens is 2. The highest BCUT2D eigenvalue weighted by atomic mass is 32.1. The third-order valence-electron chi connectivity index (χ3n) is 4.84. The third kappa shape index (κ3) is 5.21. The lowest BCUT2D eigenvalue weighted by Gasteiger charge is -2.04. The Bertz CT molecular complexity index is 1160. The van der Waals surface area contributed by atoms with Crippen LogP contribution in [-0.4, -0.2) is 28.6 Å². The van der Waals surface area contributed by atoms with Crippen LogP contribution in [0.4, 0.5) is 5.00 Å². The molecule has 3 rings (SSSR count). The van der Waals surface area contributed by atoms with Crippen molar-refractivity contribution in [3.63, 3.8) is 0 Å². The molecule has 0 aliphatic rings. The van der Waals surface area contributed by atoms with Crippen LogP contribution in [0.15, 0.2) is 28.8 Å². The van der Waals surface area contributed by atoms with Gasteiger partial charge in [-0.25, -0.2) is 4.79 Å². The zero-order valence-electron chi connectivity index (χ0n) is 18.4. The van der Waals surface area contributed by atoms with Gasteiger partial charge >= 0.3 is 5.97 Å². The number of hydrogen-bond acceptors (Lipinski definition) is 8. The van der Waals surface area contributed by atoms with Gasteiger partial charge in [0.2, 0.25) is 17.6 Å². The SMILES string of the molecule is CCOC(=O)c1sc(NC(=O)CCc2nc(-c3ccc(C(C)C)cc3)no2)c(C#N)c1C. The summed E-state index contributed by atoms with van der Waals surface area (Å²) in [4.78, 5) is 29.2. The van der Waals surface area contributed by atoms with Crippen LogP contribution in [0, 0.1) is 18.3 Å². The molecule has 1 amide bonds. The Labute approximate surface area is 190 Å². The van der Waals surface area contributed by atoms with E-state index in [1.807, 2.05) is 30.3 Å². The summed E-state index contributed by atoms with van der Waals surface area (Å²) in [5.74, 6) is 0.421. The molecular weight excluding hydrogens is 428 g/mol. The van der Waals surface area contributed by atoms with Gasteiger partial charge in [-0.2, -0.15) is 10.2 Å². The van der Waals surface area contributed by atoms with Crippen LogP contribution < -0.4 is 5.32 Å². The molecule has 8 nitrogen and oxygen atoms in total. The first kappa shape index (κ1) is 23.2. The van der Waals surface area contributed by atoms with Gasteiger partial charge in [-0.05, 0) is 30.9 Å². The minimum absolute atomic E-state index is 0.0878. The van der Waals surface area contributed by atoms with Crippen LogP contribution in [0.5, 0.6) is 0 Å².